The summed E-state index contributed by atoms with van der Waals surface area (Å²) in [5.74, 6) is 0.826. The number of hydrogen-bond donors (Lipinski definition) is 2. The van der Waals surface area contributed by atoms with Crippen LogP contribution in [0.25, 0.3) is 0 Å². The van der Waals surface area contributed by atoms with Crippen LogP contribution in [0.5, 0.6) is 5.75 Å². The van der Waals surface area contributed by atoms with Crippen LogP contribution in [0, 0.1) is 5.92 Å². The maximum absolute atomic E-state index is 11.8. The van der Waals surface area contributed by atoms with Gasteiger partial charge in [-0.3, -0.25) is 0 Å². The van der Waals surface area contributed by atoms with E-state index in [0.717, 1.165) is 6.42 Å². The molecule has 112 valence electrons. The topological polar surface area (TPSA) is 90.7 Å². The van der Waals surface area contributed by atoms with Gasteiger partial charge in [-0.15, -0.1) is 0 Å². The summed E-state index contributed by atoms with van der Waals surface area (Å²) in [5, 5.41) is 0. The molecule has 1 heterocycles. The van der Waals surface area contributed by atoms with Crippen LogP contribution in [0.1, 0.15) is 6.42 Å². The van der Waals surface area contributed by atoms with Gasteiger partial charge in [0, 0.05) is 18.8 Å². The Labute approximate surface area is 119 Å². The van der Waals surface area contributed by atoms with Crippen molar-refractivity contribution in [1.82, 2.24) is 4.72 Å². The number of hydrogen-bond acceptors (Lipinski definition) is 5. The van der Waals surface area contributed by atoms with Gasteiger partial charge in [0.2, 0.25) is 10.0 Å². The highest BCUT2D eigenvalue weighted by molar-refractivity contribution is 7.89. The molecule has 1 aliphatic heterocycles. The summed E-state index contributed by atoms with van der Waals surface area (Å²) in [6.07, 6.45) is 0.907. The van der Waals surface area contributed by atoms with Crippen LogP contribution in [0.3, 0.4) is 0 Å². The smallest absolute Gasteiger partial charge is 0.214 e. The van der Waals surface area contributed by atoms with E-state index in [2.05, 4.69) is 4.72 Å². The number of nitrogens with one attached hydrogen (secondary N) is 1. The first-order valence-corrected chi connectivity index (χ1v) is 8.24. The highest BCUT2D eigenvalue weighted by Gasteiger charge is 2.18. The van der Waals surface area contributed by atoms with E-state index in [0.29, 0.717) is 31.2 Å². The number of nitrogens with two attached hydrogens (primary N) is 1. The molecule has 1 fully saturated rings. The van der Waals surface area contributed by atoms with Gasteiger partial charge in [-0.2, -0.15) is 0 Å². The summed E-state index contributed by atoms with van der Waals surface area (Å²) in [6.45, 7) is 1.89. The molecule has 1 aliphatic rings. The number of anilines is 1. The third kappa shape index (κ3) is 4.99. The SMILES string of the molecule is Nc1ccc(OCCS(=O)(=O)NCC2CCOC2)cc1. The molecular formula is C13H20N2O4S. The van der Waals surface area contributed by atoms with Gasteiger partial charge in [-0.05, 0) is 36.6 Å². The molecule has 0 bridgehead atoms. The van der Waals surface area contributed by atoms with Crippen LogP contribution < -0.4 is 15.2 Å². The summed E-state index contributed by atoms with van der Waals surface area (Å²) >= 11 is 0. The molecule has 1 unspecified atom stereocenters. The monoisotopic (exact) mass is 300 g/mol. The predicted octanol–water partition coefficient (Wildman–Crippen LogP) is 0.604. The van der Waals surface area contributed by atoms with Crippen molar-refractivity contribution >= 4 is 15.7 Å². The average molecular weight is 300 g/mol. The van der Waals surface area contributed by atoms with Crippen molar-refractivity contribution in [3.8, 4) is 5.75 Å². The molecule has 1 saturated heterocycles. The largest absolute Gasteiger partial charge is 0.492 e. The first-order valence-electron chi connectivity index (χ1n) is 6.58. The summed E-state index contributed by atoms with van der Waals surface area (Å²) in [4.78, 5) is 0. The molecule has 0 radical (unpaired) electrons. The van der Waals surface area contributed by atoms with Crippen LogP contribution in [-0.2, 0) is 14.8 Å². The van der Waals surface area contributed by atoms with E-state index in [4.69, 9.17) is 15.2 Å². The third-order valence-corrected chi connectivity index (χ3v) is 4.43. The molecule has 20 heavy (non-hydrogen) atoms. The molecule has 0 saturated carbocycles. The fourth-order valence-electron chi connectivity index (χ4n) is 1.89. The van der Waals surface area contributed by atoms with Gasteiger partial charge in [0.05, 0.1) is 12.4 Å². The van der Waals surface area contributed by atoms with Crippen molar-refractivity contribution in [2.75, 3.05) is 37.9 Å². The van der Waals surface area contributed by atoms with Crippen molar-refractivity contribution in [1.29, 1.82) is 0 Å². The Kier molecular flexibility index (Phi) is 5.22. The summed E-state index contributed by atoms with van der Waals surface area (Å²) in [6, 6.07) is 6.85. The molecule has 0 spiro atoms. The zero-order valence-electron chi connectivity index (χ0n) is 11.2. The molecule has 1 aromatic rings. The molecule has 0 aliphatic carbocycles. The van der Waals surface area contributed by atoms with Gasteiger partial charge in [-0.25, -0.2) is 13.1 Å². The molecule has 7 heteroatoms. The lowest BCUT2D eigenvalue weighted by atomic mass is 10.1. The van der Waals surface area contributed by atoms with E-state index >= 15 is 0 Å². The predicted molar refractivity (Wildman–Crippen MR) is 77.1 cm³/mol. The minimum atomic E-state index is -3.30. The lowest BCUT2D eigenvalue weighted by Gasteiger charge is -2.11. The molecule has 6 nitrogen and oxygen atoms in total. The average Bonchev–Trinajstić information content (AvgIpc) is 2.92. The van der Waals surface area contributed by atoms with E-state index < -0.39 is 10.0 Å². The third-order valence-electron chi connectivity index (χ3n) is 3.12. The lowest BCUT2D eigenvalue weighted by molar-refractivity contribution is 0.186. The Morgan fingerprint density at radius 2 is 2.10 bits per heavy atom. The first kappa shape index (κ1) is 15.1. The summed E-state index contributed by atoms with van der Waals surface area (Å²) < 4.78 is 36.7. The molecular weight excluding hydrogens is 280 g/mol. The van der Waals surface area contributed by atoms with Crippen LogP contribution in [0.15, 0.2) is 24.3 Å². The normalized spacial score (nSPS) is 19.1. The maximum Gasteiger partial charge on any atom is 0.214 e. The van der Waals surface area contributed by atoms with Crippen molar-refractivity contribution in [2.24, 2.45) is 5.92 Å². The molecule has 1 atom stereocenters. The van der Waals surface area contributed by atoms with Gasteiger partial charge in [0.1, 0.15) is 12.4 Å². The standard InChI is InChI=1S/C13H20N2O4S/c14-12-1-3-13(4-2-12)19-7-8-20(16,17)15-9-11-5-6-18-10-11/h1-4,11,15H,5-10,14H2. The highest BCUT2D eigenvalue weighted by Crippen LogP contribution is 2.13. The zero-order valence-corrected chi connectivity index (χ0v) is 12.1. The highest BCUT2D eigenvalue weighted by atomic mass is 32.2. The van der Waals surface area contributed by atoms with Crippen LogP contribution in [0.2, 0.25) is 0 Å². The molecule has 3 N–H and O–H groups in total. The van der Waals surface area contributed by atoms with Gasteiger partial charge in [0.15, 0.2) is 0 Å². The Bertz CT molecular complexity index is 510. The van der Waals surface area contributed by atoms with E-state index in [1.165, 1.54) is 0 Å². The van der Waals surface area contributed by atoms with E-state index in [1.54, 1.807) is 24.3 Å². The Balaban J connectivity index is 1.70. The quantitative estimate of drug-likeness (QED) is 0.720. The molecule has 2 rings (SSSR count). The maximum atomic E-state index is 11.8. The van der Waals surface area contributed by atoms with Gasteiger partial charge in [0.25, 0.3) is 0 Å². The second kappa shape index (κ2) is 6.92. The number of rotatable bonds is 7. The van der Waals surface area contributed by atoms with Crippen LogP contribution >= 0.6 is 0 Å². The van der Waals surface area contributed by atoms with Crippen molar-refractivity contribution in [3.05, 3.63) is 24.3 Å². The number of nitrogen functional groups attached to an aromatic ring is 1. The second-order valence-electron chi connectivity index (χ2n) is 4.81. The molecule has 0 amide bonds. The van der Waals surface area contributed by atoms with Crippen molar-refractivity contribution in [3.63, 3.8) is 0 Å². The number of ether oxygens (including phenoxy) is 2. The molecule has 0 aromatic heterocycles. The second-order valence-corrected chi connectivity index (χ2v) is 6.74. The minimum Gasteiger partial charge on any atom is -0.492 e. The van der Waals surface area contributed by atoms with Gasteiger partial charge in [-0.1, -0.05) is 0 Å². The fraction of sp³-hybridized carbons (Fsp3) is 0.538. The van der Waals surface area contributed by atoms with E-state index in [9.17, 15) is 8.42 Å². The first-order chi connectivity index (χ1) is 9.55. The fourth-order valence-corrected chi connectivity index (χ4v) is 2.83. The Morgan fingerprint density at radius 1 is 1.35 bits per heavy atom. The van der Waals surface area contributed by atoms with E-state index in [-0.39, 0.29) is 18.3 Å². The molecule has 1 aromatic carbocycles. The van der Waals surface area contributed by atoms with Crippen molar-refractivity contribution in [2.45, 2.75) is 6.42 Å². The van der Waals surface area contributed by atoms with Gasteiger partial charge >= 0.3 is 0 Å². The summed E-state index contributed by atoms with van der Waals surface area (Å²) in [5.41, 5.74) is 6.20. The number of benzene rings is 1. The lowest BCUT2D eigenvalue weighted by Crippen LogP contribution is -2.33. The summed E-state index contributed by atoms with van der Waals surface area (Å²) in [7, 11) is -3.30. The van der Waals surface area contributed by atoms with Crippen LogP contribution in [-0.4, -0.2) is 40.5 Å². The number of sulfonamides is 1. The van der Waals surface area contributed by atoms with Gasteiger partial charge < -0.3 is 15.2 Å². The van der Waals surface area contributed by atoms with Crippen molar-refractivity contribution < 1.29 is 17.9 Å². The Hall–Kier alpha value is -1.31. The Morgan fingerprint density at radius 3 is 2.75 bits per heavy atom. The van der Waals surface area contributed by atoms with E-state index in [1.807, 2.05) is 0 Å². The zero-order chi connectivity index (χ0) is 14.4. The minimum absolute atomic E-state index is 0.0645. The van der Waals surface area contributed by atoms with Crippen LogP contribution in [0.4, 0.5) is 5.69 Å².